The van der Waals surface area contributed by atoms with Crippen LogP contribution in [0.15, 0.2) is 30.5 Å². The molecule has 2 amide bonds. The van der Waals surface area contributed by atoms with Crippen molar-refractivity contribution in [3.05, 3.63) is 41.7 Å². The van der Waals surface area contributed by atoms with Crippen LogP contribution in [0.25, 0.3) is 11.3 Å². The maximum Gasteiger partial charge on any atom is 0.274 e. The number of aromatic nitrogens is 2. The van der Waals surface area contributed by atoms with Crippen molar-refractivity contribution in [2.45, 2.75) is 50.6 Å². The van der Waals surface area contributed by atoms with Crippen LogP contribution in [-0.4, -0.2) is 47.0 Å². The van der Waals surface area contributed by atoms with Crippen molar-refractivity contribution in [2.24, 2.45) is 0 Å². The summed E-state index contributed by atoms with van der Waals surface area (Å²) in [7, 11) is 0. The lowest BCUT2D eigenvalue weighted by Gasteiger charge is -2.23. The number of hydrogen-bond donors (Lipinski definition) is 4. The van der Waals surface area contributed by atoms with E-state index in [0.29, 0.717) is 11.3 Å². The minimum absolute atomic E-state index is 0.0544. The smallest absolute Gasteiger partial charge is 0.274 e. The van der Waals surface area contributed by atoms with Gasteiger partial charge < -0.3 is 21.7 Å². The van der Waals surface area contributed by atoms with Gasteiger partial charge in [0.2, 0.25) is 0 Å². The third-order valence-corrected chi connectivity index (χ3v) is 5.76. The number of nitrogen functional groups attached to an aromatic ring is 1. The normalized spacial score (nSPS) is 19.4. The largest absolute Gasteiger partial charge is 0.382 e. The topological polar surface area (TPSA) is 122 Å². The van der Waals surface area contributed by atoms with Crippen molar-refractivity contribution in [2.75, 3.05) is 18.8 Å². The zero-order valence-electron chi connectivity index (χ0n) is 17.0. The lowest BCUT2D eigenvalue weighted by Crippen LogP contribution is -2.46. The average Bonchev–Trinajstić information content (AvgIpc) is 3.28. The second kappa shape index (κ2) is 9.21. The van der Waals surface area contributed by atoms with Crippen LogP contribution in [0, 0.1) is 0 Å². The molecule has 0 spiro atoms. The Labute approximate surface area is 176 Å². The van der Waals surface area contributed by atoms with Crippen molar-refractivity contribution in [3.63, 3.8) is 0 Å². The van der Waals surface area contributed by atoms with Gasteiger partial charge in [0.25, 0.3) is 11.8 Å². The zero-order chi connectivity index (χ0) is 20.9. The number of anilines is 1. The number of amides is 2. The Balaban J connectivity index is 1.51. The number of carbonyl (C=O) groups is 2. The Morgan fingerprint density at radius 1 is 1.03 bits per heavy atom. The quantitative estimate of drug-likeness (QED) is 0.599. The van der Waals surface area contributed by atoms with Crippen LogP contribution in [0.4, 0.5) is 5.82 Å². The summed E-state index contributed by atoms with van der Waals surface area (Å²) in [5.41, 5.74) is 7.83. The predicted octanol–water partition coefficient (Wildman–Crippen LogP) is 1.88. The van der Waals surface area contributed by atoms with Crippen molar-refractivity contribution >= 4 is 17.6 Å². The van der Waals surface area contributed by atoms with E-state index in [4.69, 9.17) is 5.73 Å². The minimum Gasteiger partial charge on any atom is -0.382 e. The minimum atomic E-state index is -0.328. The van der Waals surface area contributed by atoms with Crippen molar-refractivity contribution in [3.8, 4) is 11.3 Å². The summed E-state index contributed by atoms with van der Waals surface area (Å²) >= 11 is 0. The first-order valence-electron chi connectivity index (χ1n) is 10.7. The van der Waals surface area contributed by atoms with Gasteiger partial charge in [-0.15, -0.1) is 0 Å². The molecular weight excluding hydrogens is 380 g/mol. The molecular formula is C22H28N6O2. The number of piperidine rings is 1. The summed E-state index contributed by atoms with van der Waals surface area (Å²) in [4.78, 5) is 33.9. The van der Waals surface area contributed by atoms with Gasteiger partial charge in [-0.3, -0.25) is 9.59 Å². The molecule has 8 heteroatoms. The highest BCUT2D eigenvalue weighted by molar-refractivity contribution is 5.97. The Kier molecular flexibility index (Phi) is 6.23. The van der Waals surface area contributed by atoms with Crippen LogP contribution < -0.4 is 21.7 Å². The van der Waals surface area contributed by atoms with Crippen LogP contribution in [-0.2, 0) is 0 Å². The molecule has 8 nitrogen and oxygen atoms in total. The van der Waals surface area contributed by atoms with E-state index in [1.807, 2.05) is 12.1 Å². The van der Waals surface area contributed by atoms with E-state index >= 15 is 0 Å². The Hall–Kier alpha value is -3.00. The van der Waals surface area contributed by atoms with Gasteiger partial charge in [-0.1, -0.05) is 25.0 Å². The molecule has 1 unspecified atom stereocenters. The zero-order valence-corrected chi connectivity index (χ0v) is 17.0. The standard InChI is InChI=1S/C22H28N6O2/c23-20-19(22(30)27-17-9-4-10-24-12-17)28-18(13-25-20)14-5-3-6-15(11-14)21(29)26-16-7-1-2-8-16/h3,5-6,11,13,16-17,24H,1-2,4,7-10,12H2,(H2,23,25)(H,26,29)(H,27,30). The summed E-state index contributed by atoms with van der Waals surface area (Å²) in [6.07, 6.45) is 7.85. The van der Waals surface area contributed by atoms with Gasteiger partial charge in [0.15, 0.2) is 11.5 Å². The number of nitrogens with zero attached hydrogens (tertiary/aromatic N) is 2. The third-order valence-electron chi connectivity index (χ3n) is 5.76. The fourth-order valence-corrected chi connectivity index (χ4v) is 4.09. The molecule has 2 aliphatic rings. The molecule has 1 aliphatic carbocycles. The number of benzene rings is 1. The maximum absolute atomic E-state index is 12.7. The first kappa shape index (κ1) is 20.3. The number of nitrogens with one attached hydrogen (secondary N) is 3. The monoisotopic (exact) mass is 408 g/mol. The van der Waals surface area contributed by atoms with Crippen molar-refractivity contribution in [1.82, 2.24) is 25.9 Å². The summed E-state index contributed by atoms with van der Waals surface area (Å²) in [6.45, 7) is 1.70. The van der Waals surface area contributed by atoms with Gasteiger partial charge in [-0.05, 0) is 44.4 Å². The number of hydrogen-bond acceptors (Lipinski definition) is 6. The Morgan fingerprint density at radius 2 is 1.80 bits per heavy atom. The summed E-state index contributed by atoms with van der Waals surface area (Å²) in [5, 5.41) is 9.34. The van der Waals surface area contributed by atoms with E-state index in [2.05, 4.69) is 25.9 Å². The van der Waals surface area contributed by atoms with Gasteiger partial charge in [0.05, 0.1) is 11.9 Å². The molecule has 30 heavy (non-hydrogen) atoms. The molecule has 1 saturated carbocycles. The predicted molar refractivity (Wildman–Crippen MR) is 115 cm³/mol. The summed E-state index contributed by atoms with van der Waals surface area (Å²) in [6, 6.07) is 7.52. The van der Waals surface area contributed by atoms with Gasteiger partial charge in [-0.25, -0.2) is 9.97 Å². The van der Waals surface area contributed by atoms with Crippen molar-refractivity contribution < 1.29 is 9.59 Å². The maximum atomic E-state index is 12.7. The first-order valence-corrected chi connectivity index (χ1v) is 10.7. The molecule has 1 aromatic heterocycles. The number of nitrogens with two attached hydrogens (primary N) is 1. The highest BCUT2D eigenvalue weighted by atomic mass is 16.2. The SMILES string of the molecule is Nc1ncc(-c2cccc(C(=O)NC3CCCC3)c2)nc1C(=O)NC1CCCNC1. The summed E-state index contributed by atoms with van der Waals surface area (Å²) < 4.78 is 0. The van der Waals surface area contributed by atoms with E-state index in [1.54, 1.807) is 12.1 Å². The van der Waals surface area contributed by atoms with Gasteiger partial charge >= 0.3 is 0 Å². The molecule has 2 heterocycles. The lowest BCUT2D eigenvalue weighted by atomic mass is 10.1. The second-order valence-corrected chi connectivity index (χ2v) is 8.04. The van der Waals surface area contributed by atoms with Gasteiger partial charge in [0.1, 0.15) is 0 Å². The fraction of sp³-hybridized carbons (Fsp3) is 0.455. The molecule has 1 atom stereocenters. The fourth-order valence-electron chi connectivity index (χ4n) is 4.09. The second-order valence-electron chi connectivity index (χ2n) is 8.04. The first-order chi connectivity index (χ1) is 14.6. The Morgan fingerprint density at radius 3 is 2.57 bits per heavy atom. The van der Waals surface area contributed by atoms with Crippen LogP contribution in [0.1, 0.15) is 59.4 Å². The number of carbonyl (C=O) groups excluding carboxylic acids is 2. The van der Waals surface area contributed by atoms with Crippen LogP contribution in [0.3, 0.4) is 0 Å². The Bertz CT molecular complexity index is 920. The molecule has 1 aliphatic heterocycles. The van der Waals surface area contributed by atoms with Gasteiger partial charge in [-0.2, -0.15) is 0 Å². The molecule has 1 aromatic carbocycles. The van der Waals surface area contributed by atoms with E-state index in [-0.39, 0.29) is 35.4 Å². The molecule has 4 rings (SSSR count). The lowest BCUT2D eigenvalue weighted by molar-refractivity contribution is 0.0921. The van der Waals surface area contributed by atoms with E-state index in [0.717, 1.165) is 57.2 Å². The highest BCUT2D eigenvalue weighted by Crippen LogP contribution is 2.22. The molecule has 0 bridgehead atoms. The van der Waals surface area contributed by atoms with E-state index < -0.39 is 0 Å². The van der Waals surface area contributed by atoms with Crippen molar-refractivity contribution in [1.29, 1.82) is 0 Å². The van der Waals surface area contributed by atoms with Gasteiger partial charge in [0, 0.05) is 29.8 Å². The van der Waals surface area contributed by atoms with E-state index in [9.17, 15) is 9.59 Å². The number of rotatable bonds is 5. The summed E-state index contributed by atoms with van der Waals surface area (Å²) in [5.74, 6) is -0.323. The molecule has 2 fully saturated rings. The third kappa shape index (κ3) is 4.76. The van der Waals surface area contributed by atoms with Crippen LogP contribution >= 0.6 is 0 Å². The molecule has 0 radical (unpaired) electrons. The molecule has 2 aromatic rings. The van der Waals surface area contributed by atoms with E-state index in [1.165, 1.54) is 6.20 Å². The van der Waals surface area contributed by atoms with Crippen LogP contribution in [0.5, 0.6) is 0 Å². The molecule has 5 N–H and O–H groups in total. The highest BCUT2D eigenvalue weighted by Gasteiger charge is 2.21. The molecule has 158 valence electrons. The molecule has 1 saturated heterocycles. The van der Waals surface area contributed by atoms with Crippen LogP contribution in [0.2, 0.25) is 0 Å². The average molecular weight is 409 g/mol.